The lowest BCUT2D eigenvalue weighted by Crippen LogP contribution is -2.51. The second-order valence-corrected chi connectivity index (χ2v) is 4.92. The summed E-state index contributed by atoms with van der Waals surface area (Å²) >= 11 is 0. The molecule has 0 heterocycles. The summed E-state index contributed by atoms with van der Waals surface area (Å²) < 4.78 is 0. The first kappa shape index (κ1) is 15.9. The summed E-state index contributed by atoms with van der Waals surface area (Å²) in [6.45, 7) is 7.58. The lowest BCUT2D eigenvalue weighted by molar-refractivity contribution is -0.134. The van der Waals surface area contributed by atoms with Crippen molar-refractivity contribution in [3.05, 3.63) is 0 Å². The molecule has 0 aromatic rings. The van der Waals surface area contributed by atoms with Crippen molar-refractivity contribution in [1.29, 1.82) is 0 Å². The minimum atomic E-state index is -1.08. The van der Waals surface area contributed by atoms with E-state index in [1.165, 1.54) is 0 Å². The van der Waals surface area contributed by atoms with E-state index in [0.29, 0.717) is 6.42 Å². The van der Waals surface area contributed by atoms with Crippen molar-refractivity contribution in [3.63, 3.8) is 0 Å². The van der Waals surface area contributed by atoms with Crippen LogP contribution in [0.25, 0.3) is 0 Å². The standard InChI is InChI=1S/C12H24N2O3/c1-5-8(4)10(11(13)16)14-12(17)9(15)6-7(2)3/h7-10,15H,5-6H2,1-4H3,(H2,13,16)(H,14,17)/t8-,9-,10+/m0/s1. The quantitative estimate of drug-likeness (QED) is 0.605. The maximum Gasteiger partial charge on any atom is 0.249 e. The van der Waals surface area contributed by atoms with Gasteiger partial charge < -0.3 is 16.2 Å². The van der Waals surface area contributed by atoms with Crippen LogP contribution in [-0.4, -0.2) is 29.1 Å². The minimum Gasteiger partial charge on any atom is -0.383 e. The van der Waals surface area contributed by atoms with Crippen molar-refractivity contribution >= 4 is 11.8 Å². The van der Waals surface area contributed by atoms with Crippen molar-refractivity contribution in [2.24, 2.45) is 17.6 Å². The Balaban J connectivity index is 4.45. The van der Waals surface area contributed by atoms with Crippen molar-refractivity contribution in [2.45, 2.75) is 52.7 Å². The SMILES string of the molecule is CC[C@H](C)[C@@H](NC(=O)[C@@H](O)CC(C)C)C(N)=O. The Bertz CT molecular complexity index is 266. The maximum atomic E-state index is 11.6. The van der Waals surface area contributed by atoms with Crippen LogP contribution < -0.4 is 11.1 Å². The van der Waals surface area contributed by atoms with Crippen molar-refractivity contribution < 1.29 is 14.7 Å². The fourth-order valence-corrected chi connectivity index (χ4v) is 1.53. The Morgan fingerprint density at radius 2 is 1.82 bits per heavy atom. The second kappa shape index (κ2) is 7.27. The first-order valence-corrected chi connectivity index (χ1v) is 6.07. The average Bonchev–Trinajstić information content (AvgIpc) is 2.22. The van der Waals surface area contributed by atoms with Crippen LogP contribution in [0.5, 0.6) is 0 Å². The van der Waals surface area contributed by atoms with Gasteiger partial charge in [0.25, 0.3) is 0 Å². The summed E-state index contributed by atoms with van der Waals surface area (Å²) in [5.41, 5.74) is 5.23. The molecule has 0 aliphatic heterocycles. The number of rotatable bonds is 7. The lowest BCUT2D eigenvalue weighted by Gasteiger charge is -2.23. The van der Waals surface area contributed by atoms with Crippen LogP contribution in [0.1, 0.15) is 40.5 Å². The van der Waals surface area contributed by atoms with E-state index in [1.807, 2.05) is 27.7 Å². The Morgan fingerprint density at radius 1 is 1.29 bits per heavy atom. The first-order chi connectivity index (χ1) is 7.79. The molecule has 0 aromatic heterocycles. The van der Waals surface area contributed by atoms with E-state index in [0.717, 1.165) is 6.42 Å². The molecule has 4 N–H and O–H groups in total. The van der Waals surface area contributed by atoms with Gasteiger partial charge in [0.05, 0.1) is 0 Å². The molecule has 17 heavy (non-hydrogen) atoms. The number of hydrogen-bond acceptors (Lipinski definition) is 3. The Kier molecular flexibility index (Phi) is 6.80. The number of aliphatic hydroxyl groups is 1. The third-order valence-corrected chi connectivity index (χ3v) is 2.81. The van der Waals surface area contributed by atoms with Crippen LogP contribution in [-0.2, 0) is 9.59 Å². The largest absolute Gasteiger partial charge is 0.383 e. The molecule has 3 atom stereocenters. The van der Waals surface area contributed by atoms with Gasteiger partial charge in [0.2, 0.25) is 11.8 Å². The average molecular weight is 244 g/mol. The van der Waals surface area contributed by atoms with Gasteiger partial charge in [-0.15, -0.1) is 0 Å². The number of aliphatic hydroxyl groups excluding tert-OH is 1. The summed E-state index contributed by atoms with van der Waals surface area (Å²) in [6, 6.07) is -0.714. The highest BCUT2D eigenvalue weighted by atomic mass is 16.3. The van der Waals surface area contributed by atoms with E-state index in [-0.39, 0.29) is 11.8 Å². The monoisotopic (exact) mass is 244 g/mol. The predicted octanol–water partition coefficient (Wildman–Crippen LogP) is 0.410. The van der Waals surface area contributed by atoms with Crippen molar-refractivity contribution in [2.75, 3.05) is 0 Å². The van der Waals surface area contributed by atoms with Crippen LogP contribution in [0, 0.1) is 11.8 Å². The topological polar surface area (TPSA) is 92.4 Å². The van der Waals surface area contributed by atoms with Gasteiger partial charge in [-0.25, -0.2) is 0 Å². The van der Waals surface area contributed by atoms with E-state index in [9.17, 15) is 14.7 Å². The highest BCUT2D eigenvalue weighted by Crippen LogP contribution is 2.09. The van der Waals surface area contributed by atoms with Gasteiger partial charge in [-0.05, 0) is 18.3 Å². The number of nitrogens with two attached hydrogens (primary N) is 1. The van der Waals surface area contributed by atoms with Crippen LogP contribution in [0.15, 0.2) is 0 Å². The fraction of sp³-hybridized carbons (Fsp3) is 0.833. The predicted molar refractivity (Wildman–Crippen MR) is 66.0 cm³/mol. The van der Waals surface area contributed by atoms with Crippen LogP contribution in [0.3, 0.4) is 0 Å². The van der Waals surface area contributed by atoms with Crippen LogP contribution >= 0.6 is 0 Å². The molecule has 0 aliphatic carbocycles. The number of hydrogen-bond donors (Lipinski definition) is 3. The summed E-state index contributed by atoms with van der Waals surface area (Å²) in [6.07, 6.45) is 0.0207. The molecule has 0 fully saturated rings. The molecule has 0 spiro atoms. The van der Waals surface area contributed by atoms with Crippen LogP contribution in [0.2, 0.25) is 0 Å². The minimum absolute atomic E-state index is 0.0392. The van der Waals surface area contributed by atoms with Gasteiger partial charge in [0, 0.05) is 0 Å². The number of amides is 2. The molecule has 0 unspecified atom stereocenters. The molecule has 0 saturated carbocycles. The Hall–Kier alpha value is -1.10. The molecule has 0 bridgehead atoms. The molecule has 100 valence electrons. The van der Waals surface area contributed by atoms with E-state index >= 15 is 0 Å². The normalized spacial score (nSPS) is 16.4. The Labute approximate surface area is 103 Å². The number of carbonyl (C=O) groups is 2. The van der Waals surface area contributed by atoms with Gasteiger partial charge in [-0.3, -0.25) is 9.59 Å². The highest BCUT2D eigenvalue weighted by Gasteiger charge is 2.26. The molecular formula is C12H24N2O3. The zero-order chi connectivity index (χ0) is 13.6. The molecule has 0 saturated heterocycles. The Morgan fingerprint density at radius 3 is 2.18 bits per heavy atom. The molecule has 2 amide bonds. The fourth-order valence-electron chi connectivity index (χ4n) is 1.53. The van der Waals surface area contributed by atoms with Gasteiger partial charge >= 0.3 is 0 Å². The number of nitrogens with one attached hydrogen (secondary N) is 1. The lowest BCUT2D eigenvalue weighted by atomic mass is 9.97. The molecular weight excluding hydrogens is 220 g/mol. The highest BCUT2D eigenvalue weighted by molar-refractivity contribution is 5.88. The summed E-state index contributed by atoms with van der Waals surface area (Å²) in [5.74, 6) is -0.915. The number of primary amides is 1. The molecule has 0 rings (SSSR count). The summed E-state index contributed by atoms with van der Waals surface area (Å²) in [7, 11) is 0. The first-order valence-electron chi connectivity index (χ1n) is 6.07. The molecule has 5 heteroatoms. The third kappa shape index (κ3) is 5.68. The van der Waals surface area contributed by atoms with Crippen LogP contribution in [0.4, 0.5) is 0 Å². The number of carbonyl (C=O) groups excluding carboxylic acids is 2. The maximum absolute atomic E-state index is 11.6. The van der Waals surface area contributed by atoms with Crippen molar-refractivity contribution in [3.8, 4) is 0 Å². The van der Waals surface area contributed by atoms with Crippen molar-refractivity contribution in [1.82, 2.24) is 5.32 Å². The second-order valence-electron chi connectivity index (χ2n) is 4.92. The zero-order valence-electron chi connectivity index (χ0n) is 11.1. The molecule has 5 nitrogen and oxygen atoms in total. The summed E-state index contributed by atoms with van der Waals surface area (Å²) in [5, 5.41) is 12.1. The van der Waals surface area contributed by atoms with Gasteiger partial charge in [0.1, 0.15) is 12.1 Å². The smallest absolute Gasteiger partial charge is 0.249 e. The van der Waals surface area contributed by atoms with Gasteiger partial charge in [-0.1, -0.05) is 34.1 Å². The van der Waals surface area contributed by atoms with E-state index in [2.05, 4.69) is 5.32 Å². The zero-order valence-corrected chi connectivity index (χ0v) is 11.1. The molecule has 0 radical (unpaired) electrons. The molecule has 0 aromatic carbocycles. The van der Waals surface area contributed by atoms with E-state index < -0.39 is 24.0 Å². The summed E-state index contributed by atoms with van der Waals surface area (Å²) in [4.78, 5) is 22.9. The molecule has 0 aliphatic rings. The van der Waals surface area contributed by atoms with Gasteiger partial charge in [-0.2, -0.15) is 0 Å². The van der Waals surface area contributed by atoms with Gasteiger partial charge in [0.15, 0.2) is 0 Å². The third-order valence-electron chi connectivity index (χ3n) is 2.81. The van der Waals surface area contributed by atoms with E-state index in [4.69, 9.17) is 5.73 Å². The van der Waals surface area contributed by atoms with E-state index in [1.54, 1.807) is 0 Å².